The number of thiol groups is 1. The van der Waals surface area contributed by atoms with Crippen molar-refractivity contribution in [2.45, 2.75) is 12.2 Å². The fourth-order valence-electron chi connectivity index (χ4n) is 1.06. The van der Waals surface area contributed by atoms with E-state index < -0.39 is 12.2 Å². The highest BCUT2D eigenvalue weighted by Crippen LogP contribution is 2.19. The Kier molecular flexibility index (Phi) is 3.59. The largest absolute Gasteiger partial charge is 0.399 e. The summed E-state index contributed by atoms with van der Waals surface area (Å²) < 4.78 is 0. The number of benzene rings is 1. The van der Waals surface area contributed by atoms with Crippen LogP contribution in [-0.2, 0) is 0 Å². The van der Waals surface area contributed by atoms with E-state index in [-0.39, 0.29) is 5.75 Å². The summed E-state index contributed by atoms with van der Waals surface area (Å²) >= 11 is 3.89. The second kappa shape index (κ2) is 4.50. The third kappa shape index (κ3) is 2.62. The molecule has 4 heteroatoms. The fraction of sp³-hybridized carbons (Fsp3) is 0.333. The summed E-state index contributed by atoms with van der Waals surface area (Å²) in [5.41, 5.74) is 6.71. The van der Waals surface area contributed by atoms with Gasteiger partial charge in [-0.2, -0.15) is 12.6 Å². The van der Waals surface area contributed by atoms with Crippen molar-refractivity contribution >= 4 is 18.3 Å². The molecule has 0 fully saturated rings. The van der Waals surface area contributed by atoms with E-state index >= 15 is 0 Å². The second-order valence-electron chi connectivity index (χ2n) is 2.86. The molecule has 0 radical (unpaired) electrons. The molecule has 0 aliphatic carbocycles. The molecule has 0 heterocycles. The molecular formula is C9H13NO2S. The standard InChI is InChI=1S/C9H13NO2S/c10-7-3-1-2-6(4-7)9(12)8(11)5-13/h1-4,8-9,11-13H,5,10H2. The van der Waals surface area contributed by atoms with Crippen LogP contribution in [0.5, 0.6) is 0 Å². The molecule has 2 atom stereocenters. The van der Waals surface area contributed by atoms with Gasteiger partial charge in [0.1, 0.15) is 6.10 Å². The summed E-state index contributed by atoms with van der Waals surface area (Å²) in [5.74, 6) is 0.218. The topological polar surface area (TPSA) is 66.5 Å². The quantitative estimate of drug-likeness (QED) is 0.425. The van der Waals surface area contributed by atoms with Crippen LogP contribution in [0.15, 0.2) is 24.3 Å². The lowest BCUT2D eigenvalue weighted by molar-refractivity contribution is 0.0338. The maximum absolute atomic E-state index is 9.56. The van der Waals surface area contributed by atoms with E-state index in [4.69, 9.17) is 5.73 Å². The van der Waals surface area contributed by atoms with E-state index in [1.165, 1.54) is 0 Å². The maximum atomic E-state index is 9.56. The number of hydrogen-bond donors (Lipinski definition) is 4. The highest BCUT2D eigenvalue weighted by molar-refractivity contribution is 7.80. The molecule has 0 bridgehead atoms. The molecule has 72 valence electrons. The molecule has 0 spiro atoms. The highest BCUT2D eigenvalue weighted by Gasteiger charge is 2.16. The van der Waals surface area contributed by atoms with Crippen molar-refractivity contribution in [2.75, 3.05) is 11.5 Å². The second-order valence-corrected chi connectivity index (χ2v) is 3.23. The van der Waals surface area contributed by atoms with Gasteiger partial charge < -0.3 is 15.9 Å². The Balaban J connectivity index is 2.82. The van der Waals surface area contributed by atoms with Gasteiger partial charge in [-0.05, 0) is 17.7 Å². The van der Waals surface area contributed by atoms with E-state index in [9.17, 15) is 10.2 Å². The van der Waals surface area contributed by atoms with Gasteiger partial charge in [-0.15, -0.1) is 0 Å². The van der Waals surface area contributed by atoms with E-state index in [0.717, 1.165) is 0 Å². The normalized spacial score (nSPS) is 15.3. The van der Waals surface area contributed by atoms with Gasteiger partial charge in [-0.25, -0.2) is 0 Å². The van der Waals surface area contributed by atoms with Crippen molar-refractivity contribution in [1.29, 1.82) is 0 Å². The van der Waals surface area contributed by atoms with Crippen LogP contribution in [0, 0.1) is 0 Å². The number of aliphatic hydroxyl groups is 2. The Morgan fingerprint density at radius 3 is 2.62 bits per heavy atom. The predicted molar refractivity (Wildman–Crippen MR) is 55.7 cm³/mol. The lowest BCUT2D eigenvalue weighted by Crippen LogP contribution is -2.19. The minimum absolute atomic E-state index is 0.218. The molecule has 3 nitrogen and oxygen atoms in total. The SMILES string of the molecule is Nc1cccc(C(O)C(O)CS)c1. The molecule has 1 aromatic rings. The van der Waals surface area contributed by atoms with Crippen LogP contribution in [-0.4, -0.2) is 22.1 Å². The maximum Gasteiger partial charge on any atom is 0.106 e. The van der Waals surface area contributed by atoms with Crippen molar-refractivity contribution in [3.05, 3.63) is 29.8 Å². The first-order valence-corrected chi connectivity index (χ1v) is 4.61. The average molecular weight is 199 g/mol. The third-order valence-corrected chi connectivity index (χ3v) is 2.18. The Morgan fingerprint density at radius 2 is 2.08 bits per heavy atom. The zero-order valence-corrected chi connectivity index (χ0v) is 7.98. The van der Waals surface area contributed by atoms with Crippen molar-refractivity contribution in [3.8, 4) is 0 Å². The van der Waals surface area contributed by atoms with Gasteiger partial charge in [0.05, 0.1) is 6.10 Å². The summed E-state index contributed by atoms with van der Waals surface area (Å²) in [6.45, 7) is 0. The van der Waals surface area contributed by atoms with E-state index in [1.54, 1.807) is 24.3 Å². The summed E-state index contributed by atoms with van der Waals surface area (Å²) in [4.78, 5) is 0. The van der Waals surface area contributed by atoms with Gasteiger partial charge in [0.15, 0.2) is 0 Å². The van der Waals surface area contributed by atoms with E-state index in [0.29, 0.717) is 11.3 Å². The number of rotatable bonds is 3. The smallest absolute Gasteiger partial charge is 0.106 e. The Hall–Kier alpha value is -0.710. The van der Waals surface area contributed by atoms with Gasteiger partial charge in [0.2, 0.25) is 0 Å². The molecule has 1 aromatic carbocycles. The lowest BCUT2D eigenvalue weighted by Gasteiger charge is -2.16. The van der Waals surface area contributed by atoms with Crippen molar-refractivity contribution < 1.29 is 10.2 Å². The van der Waals surface area contributed by atoms with Crippen LogP contribution in [0.2, 0.25) is 0 Å². The third-order valence-electron chi connectivity index (χ3n) is 1.80. The first kappa shape index (κ1) is 10.4. The van der Waals surface area contributed by atoms with Gasteiger partial charge in [-0.1, -0.05) is 12.1 Å². The number of hydrogen-bond acceptors (Lipinski definition) is 4. The average Bonchev–Trinajstić information content (AvgIpc) is 2.15. The zero-order valence-electron chi connectivity index (χ0n) is 7.09. The molecule has 0 saturated heterocycles. The zero-order chi connectivity index (χ0) is 9.84. The summed E-state index contributed by atoms with van der Waals surface area (Å²) in [5, 5.41) is 18.9. The van der Waals surface area contributed by atoms with Gasteiger partial charge in [0, 0.05) is 11.4 Å². The molecule has 4 N–H and O–H groups in total. The predicted octanol–water partition coefficient (Wildman–Crippen LogP) is 0.593. The van der Waals surface area contributed by atoms with Gasteiger partial charge >= 0.3 is 0 Å². The molecule has 0 saturated carbocycles. The monoisotopic (exact) mass is 199 g/mol. The van der Waals surface area contributed by atoms with Gasteiger partial charge in [0.25, 0.3) is 0 Å². The lowest BCUT2D eigenvalue weighted by atomic mass is 10.1. The molecular weight excluding hydrogens is 186 g/mol. The van der Waals surface area contributed by atoms with Crippen LogP contribution in [0.4, 0.5) is 5.69 Å². The molecule has 2 unspecified atom stereocenters. The highest BCUT2D eigenvalue weighted by atomic mass is 32.1. The summed E-state index contributed by atoms with van der Waals surface area (Å²) in [6, 6.07) is 6.81. The Morgan fingerprint density at radius 1 is 1.38 bits per heavy atom. The number of nitrogen functional groups attached to an aromatic ring is 1. The first-order valence-electron chi connectivity index (χ1n) is 3.97. The first-order chi connectivity index (χ1) is 6.15. The van der Waals surface area contributed by atoms with Crippen LogP contribution < -0.4 is 5.73 Å². The molecule has 13 heavy (non-hydrogen) atoms. The van der Waals surface area contributed by atoms with Crippen molar-refractivity contribution in [3.63, 3.8) is 0 Å². The van der Waals surface area contributed by atoms with Crippen molar-refractivity contribution in [2.24, 2.45) is 0 Å². The van der Waals surface area contributed by atoms with Crippen molar-refractivity contribution in [1.82, 2.24) is 0 Å². The fourth-order valence-corrected chi connectivity index (χ4v) is 1.26. The minimum atomic E-state index is -0.916. The molecule has 0 amide bonds. The van der Waals surface area contributed by atoms with Crippen LogP contribution in [0.3, 0.4) is 0 Å². The molecule has 0 aliphatic rings. The number of anilines is 1. The van der Waals surface area contributed by atoms with Gasteiger partial charge in [-0.3, -0.25) is 0 Å². The summed E-state index contributed by atoms with van der Waals surface area (Å²) in [7, 11) is 0. The van der Waals surface area contributed by atoms with E-state index in [1.807, 2.05) is 0 Å². The molecule has 0 aromatic heterocycles. The Labute approximate surface area is 82.6 Å². The number of nitrogens with two attached hydrogens (primary N) is 1. The van der Waals surface area contributed by atoms with Crippen LogP contribution in [0.1, 0.15) is 11.7 Å². The Bertz CT molecular complexity index is 280. The summed E-state index contributed by atoms with van der Waals surface area (Å²) in [6.07, 6.45) is -1.77. The van der Waals surface area contributed by atoms with E-state index in [2.05, 4.69) is 12.6 Å². The van der Waals surface area contributed by atoms with Crippen LogP contribution >= 0.6 is 12.6 Å². The molecule has 0 aliphatic heterocycles. The van der Waals surface area contributed by atoms with Crippen LogP contribution in [0.25, 0.3) is 0 Å². The molecule has 1 rings (SSSR count). The number of aliphatic hydroxyl groups excluding tert-OH is 2. The minimum Gasteiger partial charge on any atom is -0.399 e.